The molecule has 0 aliphatic rings. The molecule has 36 heavy (non-hydrogen) atoms. The SMILES string of the molecule is COc1ccc([C@@H](CC(=O)NCc2ccco2)c2cn(Cc3ccc(F)cc3)c3ccccc23)cc1. The summed E-state index contributed by atoms with van der Waals surface area (Å²) in [6.07, 6.45) is 3.98. The second-order valence-corrected chi connectivity index (χ2v) is 8.74. The van der Waals surface area contributed by atoms with Gasteiger partial charge in [0.25, 0.3) is 0 Å². The lowest BCUT2D eigenvalue weighted by atomic mass is 9.88. The number of ether oxygens (including phenoxy) is 1. The molecule has 1 atom stereocenters. The number of carbonyl (C=O) groups excluding carboxylic acids is 1. The standard InChI is InChI=1S/C30H27FN2O3/c1-35-24-14-10-22(11-15-24)27(17-30(34)32-18-25-5-4-16-36-25)28-20-33(29-7-3-2-6-26(28)29)19-21-8-12-23(31)13-9-21/h2-16,20,27H,17-19H2,1H3,(H,32,34)/t27-/m1/s1. The van der Waals surface area contributed by atoms with E-state index in [-0.39, 0.29) is 24.1 Å². The van der Waals surface area contributed by atoms with Crippen molar-refractivity contribution in [2.75, 3.05) is 7.11 Å². The molecule has 1 N–H and O–H groups in total. The van der Waals surface area contributed by atoms with Gasteiger partial charge in [0.05, 0.1) is 19.9 Å². The van der Waals surface area contributed by atoms with Gasteiger partial charge in [0, 0.05) is 36.0 Å². The number of nitrogens with one attached hydrogen (secondary N) is 1. The van der Waals surface area contributed by atoms with Gasteiger partial charge >= 0.3 is 0 Å². The van der Waals surface area contributed by atoms with Gasteiger partial charge in [0.2, 0.25) is 5.91 Å². The maximum atomic E-state index is 13.4. The van der Waals surface area contributed by atoms with E-state index in [1.54, 1.807) is 31.6 Å². The molecule has 0 bridgehead atoms. The van der Waals surface area contributed by atoms with Gasteiger partial charge in [0.15, 0.2) is 0 Å². The van der Waals surface area contributed by atoms with Crippen LogP contribution in [0.15, 0.2) is 102 Å². The Balaban J connectivity index is 1.50. The molecule has 0 radical (unpaired) electrons. The zero-order valence-corrected chi connectivity index (χ0v) is 20.0. The summed E-state index contributed by atoms with van der Waals surface area (Å²) in [5.41, 5.74) is 4.15. The first kappa shape index (κ1) is 23.4. The van der Waals surface area contributed by atoms with Crippen LogP contribution in [0.25, 0.3) is 10.9 Å². The van der Waals surface area contributed by atoms with E-state index in [0.717, 1.165) is 33.3 Å². The molecule has 0 spiro atoms. The van der Waals surface area contributed by atoms with Gasteiger partial charge in [-0.25, -0.2) is 4.39 Å². The van der Waals surface area contributed by atoms with Gasteiger partial charge in [-0.05, 0) is 59.2 Å². The second kappa shape index (κ2) is 10.5. The average Bonchev–Trinajstić information content (AvgIpc) is 3.56. The predicted octanol–water partition coefficient (Wildman–Crippen LogP) is 6.27. The summed E-state index contributed by atoms with van der Waals surface area (Å²) in [6, 6.07) is 26.2. The first-order valence-corrected chi connectivity index (χ1v) is 11.9. The van der Waals surface area contributed by atoms with Gasteiger partial charge in [0.1, 0.15) is 17.3 Å². The lowest BCUT2D eigenvalue weighted by Crippen LogP contribution is -2.24. The number of aromatic nitrogens is 1. The number of hydrogen-bond acceptors (Lipinski definition) is 3. The van der Waals surface area contributed by atoms with Gasteiger partial charge < -0.3 is 19.0 Å². The molecule has 5 nitrogen and oxygen atoms in total. The number of furan rings is 1. The van der Waals surface area contributed by atoms with Crippen LogP contribution < -0.4 is 10.1 Å². The highest BCUT2D eigenvalue weighted by atomic mass is 19.1. The third kappa shape index (κ3) is 5.18. The highest BCUT2D eigenvalue weighted by Crippen LogP contribution is 2.36. The Kier molecular flexibility index (Phi) is 6.85. The molecular weight excluding hydrogens is 455 g/mol. The van der Waals surface area contributed by atoms with E-state index in [9.17, 15) is 9.18 Å². The summed E-state index contributed by atoms with van der Waals surface area (Å²) in [5.74, 6) is 0.977. The number of fused-ring (bicyclic) bond motifs is 1. The minimum atomic E-state index is -0.253. The van der Waals surface area contributed by atoms with E-state index in [1.807, 2.05) is 42.5 Å². The van der Waals surface area contributed by atoms with Crippen LogP contribution in [0, 0.1) is 5.82 Å². The van der Waals surface area contributed by atoms with E-state index >= 15 is 0 Å². The van der Waals surface area contributed by atoms with Crippen LogP contribution in [0.5, 0.6) is 5.75 Å². The van der Waals surface area contributed by atoms with E-state index in [1.165, 1.54) is 12.1 Å². The largest absolute Gasteiger partial charge is 0.497 e. The Morgan fingerprint density at radius 2 is 1.78 bits per heavy atom. The Bertz CT molecular complexity index is 1440. The maximum Gasteiger partial charge on any atom is 0.221 e. The summed E-state index contributed by atoms with van der Waals surface area (Å²) in [7, 11) is 1.64. The van der Waals surface area contributed by atoms with Crippen molar-refractivity contribution in [3.05, 3.63) is 126 Å². The summed E-state index contributed by atoms with van der Waals surface area (Å²) in [6.45, 7) is 0.939. The van der Waals surface area contributed by atoms with Crippen LogP contribution in [-0.2, 0) is 17.9 Å². The number of methoxy groups -OCH3 is 1. The molecule has 0 saturated heterocycles. The van der Waals surface area contributed by atoms with Crippen molar-refractivity contribution in [3.63, 3.8) is 0 Å². The summed E-state index contributed by atoms with van der Waals surface area (Å²) < 4.78 is 26.3. The van der Waals surface area contributed by atoms with Crippen LogP contribution >= 0.6 is 0 Å². The van der Waals surface area contributed by atoms with E-state index in [4.69, 9.17) is 9.15 Å². The number of carbonyl (C=O) groups is 1. The number of amides is 1. The Labute approximate surface area is 209 Å². The number of hydrogen-bond donors (Lipinski definition) is 1. The van der Waals surface area contributed by atoms with E-state index < -0.39 is 0 Å². The predicted molar refractivity (Wildman–Crippen MR) is 137 cm³/mol. The molecule has 0 unspecified atom stereocenters. The topological polar surface area (TPSA) is 56.4 Å². The lowest BCUT2D eigenvalue weighted by Gasteiger charge is -2.17. The minimum absolute atomic E-state index is 0.0671. The summed E-state index contributed by atoms with van der Waals surface area (Å²) in [4.78, 5) is 13.1. The fourth-order valence-electron chi connectivity index (χ4n) is 4.57. The molecule has 5 rings (SSSR count). The number of benzene rings is 3. The molecule has 0 saturated carbocycles. The minimum Gasteiger partial charge on any atom is -0.497 e. The zero-order valence-electron chi connectivity index (χ0n) is 20.0. The van der Waals surface area contributed by atoms with Crippen LogP contribution in [-0.4, -0.2) is 17.6 Å². The Hall–Kier alpha value is -4.32. The highest BCUT2D eigenvalue weighted by Gasteiger charge is 2.23. The van der Waals surface area contributed by atoms with Crippen molar-refractivity contribution in [1.29, 1.82) is 0 Å². The van der Waals surface area contributed by atoms with E-state index in [2.05, 4.69) is 28.2 Å². The number of nitrogens with zero attached hydrogens (tertiary/aromatic N) is 1. The molecule has 3 aromatic carbocycles. The van der Waals surface area contributed by atoms with Crippen molar-refractivity contribution in [3.8, 4) is 5.75 Å². The third-order valence-corrected chi connectivity index (χ3v) is 6.41. The first-order chi connectivity index (χ1) is 17.6. The van der Waals surface area contributed by atoms with Gasteiger partial charge in [-0.15, -0.1) is 0 Å². The molecular formula is C30H27FN2O3. The first-order valence-electron chi connectivity index (χ1n) is 11.9. The van der Waals surface area contributed by atoms with E-state index in [0.29, 0.717) is 18.8 Å². The molecule has 0 aliphatic heterocycles. The Morgan fingerprint density at radius 3 is 2.50 bits per heavy atom. The second-order valence-electron chi connectivity index (χ2n) is 8.74. The Morgan fingerprint density at radius 1 is 1.00 bits per heavy atom. The molecule has 0 aliphatic carbocycles. The maximum absolute atomic E-state index is 13.4. The van der Waals surface area contributed by atoms with Crippen LogP contribution in [0.2, 0.25) is 0 Å². The van der Waals surface area contributed by atoms with Gasteiger partial charge in [-0.1, -0.05) is 42.5 Å². The van der Waals surface area contributed by atoms with Crippen molar-refractivity contribution in [2.24, 2.45) is 0 Å². The smallest absolute Gasteiger partial charge is 0.221 e. The zero-order chi connectivity index (χ0) is 24.9. The van der Waals surface area contributed by atoms with Crippen LogP contribution in [0.4, 0.5) is 4.39 Å². The van der Waals surface area contributed by atoms with Gasteiger partial charge in [-0.3, -0.25) is 4.79 Å². The summed E-state index contributed by atoms with van der Waals surface area (Å²) >= 11 is 0. The molecule has 182 valence electrons. The molecule has 6 heteroatoms. The normalized spacial score (nSPS) is 11.9. The van der Waals surface area contributed by atoms with Crippen molar-refractivity contribution >= 4 is 16.8 Å². The van der Waals surface area contributed by atoms with Crippen LogP contribution in [0.1, 0.15) is 34.8 Å². The number of para-hydroxylation sites is 1. The monoisotopic (exact) mass is 482 g/mol. The molecule has 5 aromatic rings. The highest BCUT2D eigenvalue weighted by molar-refractivity contribution is 5.86. The van der Waals surface area contributed by atoms with Crippen LogP contribution in [0.3, 0.4) is 0 Å². The fourth-order valence-corrected chi connectivity index (χ4v) is 4.57. The summed E-state index contributed by atoms with van der Waals surface area (Å²) in [5, 5.41) is 4.06. The van der Waals surface area contributed by atoms with Gasteiger partial charge in [-0.2, -0.15) is 0 Å². The third-order valence-electron chi connectivity index (χ3n) is 6.41. The molecule has 1 amide bonds. The molecule has 2 aromatic heterocycles. The fraction of sp³-hybridized carbons (Fsp3) is 0.167. The van der Waals surface area contributed by atoms with Crippen molar-refractivity contribution < 1.29 is 18.3 Å². The molecule has 0 fully saturated rings. The van der Waals surface area contributed by atoms with Crippen molar-refractivity contribution in [1.82, 2.24) is 9.88 Å². The molecule has 2 heterocycles. The lowest BCUT2D eigenvalue weighted by molar-refractivity contribution is -0.121. The number of rotatable bonds is 9. The quantitative estimate of drug-likeness (QED) is 0.269. The van der Waals surface area contributed by atoms with Crippen molar-refractivity contribution in [2.45, 2.75) is 25.4 Å². The number of halogens is 1. The average molecular weight is 483 g/mol.